The maximum absolute atomic E-state index is 11.1. The Kier molecular flexibility index (Phi) is 4.33. The number of carboxylic acid groups (broad SMARTS) is 1. The molecule has 16 heavy (non-hydrogen) atoms. The molecule has 0 heterocycles. The summed E-state index contributed by atoms with van der Waals surface area (Å²) < 4.78 is 0. The molecule has 0 bridgehead atoms. The summed E-state index contributed by atoms with van der Waals surface area (Å²) in [6.45, 7) is 1.55. The van der Waals surface area contributed by atoms with Crippen LogP contribution in [0, 0.1) is 5.92 Å². The van der Waals surface area contributed by atoms with E-state index in [1.165, 1.54) is 12.1 Å². The van der Waals surface area contributed by atoms with Crippen molar-refractivity contribution in [1.82, 2.24) is 0 Å². The summed E-state index contributed by atoms with van der Waals surface area (Å²) in [6.07, 6.45) is 0.612. The van der Waals surface area contributed by atoms with Crippen molar-refractivity contribution in [3.8, 4) is 0 Å². The minimum absolute atomic E-state index is 0.281. The van der Waals surface area contributed by atoms with Crippen LogP contribution in [0.15, 0.2) is 18.2 Å². The zero-order valence-corrected chi connectivity index (χ0v) is 10.00. The molecule has 2 atom stereocenters. The molecular weight excluding hydrogens is 251 g/mol. The first-order chi connectivity index (χ1) is 7.47. The summed E-state index contributed by atoms with van der Waals surface area (Å²) in [6, 6.07) is 4.56. The van der Waals surface area contributed by atoms with Gasteiger partial charge in [-0.25, -0.2) is 0 Å². The number of rotatable bonds is 4. The Morgan fingerprint density at radius 2 is 2.00 bits per heavy atom. The van der Waals surface area contributed by atoms with Gasteiger partial charge in [0.1, 0.15) is 6.29 Å². The standard InChI is InChI=1S/C11H10Cl2O3/c1-6(5-14)10(11(15)16)7-2-3-8(12)9(13)4-7/h2-6,10H,1H3,(H,15,16)/t6-,10-/m1/s1. The van der Waals surface area contributed by atoms with Gasteiger partial charge in [-0.05, 0) is 17.7 Å². The highest BCUT2D eigenvalue weighted by Crippen LogP contribution is 2.29. The monoisotopic (exact) mass is 260 g/mol. The van der Waals surface area contributed by atoms with E-state index in [9.17, 15) is 9.59 Å². The third kappa shape index (κ3) is 2.74. The molecule has 0 aromatic heterocycles. The lowest BCUT2D eigenvalue weighted by Gasteiger charge is -2.16. The molecule has 1 rings (SSSR count). The van der Waals surface area contributed by atoms with Crippen molar-refractivity contribution in [3.05, 3.63) is 33.8 Å². The Morgan fingerprint density at radius 1 is 1.38 bits per heavy atom. The van der Waals surface area contributed by atoms with Crippen molar-refractivity contribution in [2.24, 2.45) is 5.92 Å². The van der Waals surface area contributed by atoms with Crippen molar-refractivity contribution < 1.29 is 14.7 Å². The number of halogens is 2. The van der Waals surface area contributed by atoms with E-state index in [1.807, 2.05) is 0 Å². The Labute approximate surface area is 103 Å². The number of benzene rings is 1. The van der Waals surface area contributed by atoms with Gasteiger partial charge in [0.05, 0.1) is 16.0 Å². The number of carboxylic acids is 1. The van der Waals surface area contributed by atoms with Crippen LogP contribution in [0.1, 0.15) is 18.4 Å². The highest BCUT2D eigenvalue weighted by molar-refractivity contribution is 6.42. The van der Waals surface area contributed by atoms with Crippen molar-refractivity contribution in [2.75, 3.05) is 0 Å². The van der Waals surface area contributed by atoms with Crippen LogP contribution in [0.2, 0.25) is 10.0 Å². The van der Waals surface area contributed by atoms with Crippen LogP contribution in [-0.2, 0) is 9.59 Å². The Morgan fingerprint density at radius 3 is 2.44 bits per heavy atom. The van der Waals surface area contributed by atoms with Crippen LogP contribution in [0.3, 0.4) is 0 Å². The number of carbonyl (C=O) groups excluding carboxylic acids is 1. The SMILES string of the molecule is C[C@H](C=O)[C@@H](C(=O)O)c1ccc(Cl)c(Cl)c1. The maximum atomic E-state index is 11.1. The first-order valence-corrected chi connectivity index (χ1v) is 5.36. The molecule has 0 radical (unpaired) electrons. The molecule has 1 aromatic rings. The van der Waals surface area contributed by atoms with E-state index >= 15 is 0 Å². The van der Waals surface area contributed by atoms with Gasteiger partial charge in [0.25, 0.3) is 0 Å². The molecule has 1 aromatic carbocycles. The Hall–Kier alpha value is -1.06. The zero-order valence-electron chi connectivity index (χ0n) is 8.48. The van der Waals surface area contributed by atoms with E-state index in [4.69, 9.17) is 28.3 Å². The van der Waals surface area contributed by atoms with Crippen molar-refractivity contribution in [1.29, 1.82) is 0 Å². The normalized spacial score (nSPS) is 14.2. The van der Waals surface area contributed by atoms with E-state index in [-0.39, 0.29) is 5.02 Å². The highest BCUT2D eigenvalue weighted by Gasteiger charge is 2.26. The summed E-state index contributed by atoms with van der Waals surface area (Å²) in [5.74, 6) is -2.57. The minimum atomic E-state index is -1.06. The third-order valence-corrected chi connectivity index (χ3v) is 3.05. The van der Waals surface area contributed by atoms with E-state index in [0.717, 1.165) is 0 Å². The fourth-order valence-corrected chi connectivity index (χ4v) is 1.76. The molecule has 86 valence electrons. The molecule has 0 aliphatic heterocycles. The van der Waals surface area contributed by atoms with E-state index in [1.54, 1.807) is 13.0 Å². The summed E-state index contributed by atoms with van der Waals surface area (Å²) >= 11 is 11.5. The molecule has 5 heteroatoms. The van der Waals surface area contributed by atoms with Gasteiger partial charge in [0.15, 0.2) is 0 Å². The highest BCUT2D eigenvalue weighted by atomic mass is 35.5. The van der Waals surface area contributed by atoms with Crippen LogP contribution in [0.5, 0.6) is 0 Å². The molecule has 0 aliphatic carbocycles. The second-order valence-electron chi connectivity index (χ2n) is 3.48. The van der Waals surface area contributed by atoms with Crippen molar-refractivity contribution in [3.63, 3.8) is 0 Å². The Bertz CT molecular complexity index is 418. The second-order valence-corrected chi connectivity index (χ2v) is 4.30. The van der Waals surface area contributed by atoms with Gasteiger partial charge in [-0.3, -0.25) is 4.79 Å². The van der Waals surface area contributed by atoms with E-state index in [0.29, 0.717) is 16.9 Å². The molecule has 1 N–H and O–H groups in total. The van der Waals surface area contributed by atoms with E-state index < -0.39 is 17.8 Å². The summed E-state index contributed by atoms with van der Waals surface area (Å²) in [5, 5.41) is 9.69. The quantitative estimate of drug-likeness (QED) is 0.847. The summed E-state index contributed by atoms with van der Waals surface area (Å²) in [7, 11) is 0. The Balaban J connectivity index is 3.16. The molecule has 0 spiro atoms. The second kappa shape index (κ2) is 5.32. The average molecular weight is 261 g/mol. The summed E-state index contributed by atoms with van der Waals surface area (Å²) in [4.78, 5) is 21.7. The molecule has 0 saturated heterocycles. The maximum Gasteiger partial charge on any atom is 0.311 e. The topological polar surface area (TPSA) is 54.4 Å². The van der Waals surface area contributed by atoms with Crippen LogP contribution >= 0.6 is 23.2 Å². The lowest BCUT2D eigenvalue weighted by atomic mass is 9.88. The smallest absolute Gasteiger partial charge is 0.311 e. The molecular formula is C11H10Cl2O3. The lowest BCUT2D eigenvalue weighted by Crippen LogP contribution is -2.20. The first-order valence-electron chi connectivity index (χ1n) is 4.60. The third-order valence-electron chi connectivity index (χ3n) is 2.31. The molecule has 3 nitrogen and oxygen atoms in total. The zero-order chi connectivity index (χ0) is 12.3. The predicted octanol–water partition coefficient (Wildman–Crippen LogP) is 3.00. The van der Waals surface area contributed by atoms with Crippen LogP contribution < -0.4 is 0 Å². The lowest BCUT2D eigenvalue weighted by molar-refractivity contribution is -0.141. The van der Waals surface area contributed by atoms with Crippen LogP contribution in [0.25, 0.3) is 0 Å². The number of aliphatic carboxylic acids is 1. The molecule has 0 saturated carbocycles. The first kappa shape index (κ1) is 13.0. The van der Waals surface area contributed by atoms with Gasteiger partial charge < -0.3 is 9.90 Å². The fourth-order valence-electron chi connectivity index (χ4n) is 1.46. The van der Waals surface area contributed by atoms with Gasteiger partial charge in [-0.15, -0.1) is 0 Å². The van der Waals surface area contributed by atoms with Gasteiger partial charge in [0.2, 0.25) is 0 Å². The fraction of sp³-hybridized carbons (Fsp3) is 0.273. The van der Waals surface area contributed by atoms with Crippen molar-refractivity contribution in [2.45, 2.75) is 12.8 Å². The van der Waals surface area contributed by atoms with Crippen molar-refractivity contribution >= 4 is 35.5 Å². The van der Waals surface area contributed by atoms with E-state index in [2.05, 4.69) is 0 Å². The van der Waals surface area contributed by atoms with Crippen LogP contribution in [0.4, 0.5) is 0 Å². The van der Waals surface area contributed by atoms with Gasteiger partial charge in [-0.1, -0.05) is 36.2 Å². The van der Waals surface area contributed by atoms with Crippen LogP contribution in [-0.4, -0.2) is 17.4 Å². The largest absolute Gasteiger partial charge is 0.481 e. The number of aldehydes is 1. The molecule has 0 amide bonds. The number of hydrogen-bond donors (Lipinski definition) is 1. The molecule has 0 fully saturated rings. The minimum Gasteiger partial charge on any atom is -0.481 e. The number of carbonyl (C=O) groups is 2. The van der Waals surface area contributed by atoms with Gasteiger partial charge in [0, 0.05) is 5.92 Å². The number of hydrogen-bond acceptors (Lipinski definition) is 2. The molecule has 0 aliphatic rings. The van der Waals surface area contributed by atoms with Gasteiger partial charge in [-0.2, -0.15) is 0 Å². The summed E-state index contributed by atoms with van der Waals surface area (Å²) in [5.41, 5.74) is 0.474. The average Bonchev–Trinajstić information content (AvgIpc) is 2.22. The predicted molar refractivity (Wildman–Crippen MR) is 62.1 cm³/mol. The van der Waals surface area contributed by atoms with Gasteiger partial charge >= 0.3 is 5.97 Å². The molecule has 0 unspecified atom stereocenters.